The van der Waals surface area contributed by atoms with E-state index in [0.29, 0.717) is 34.7 Å². The summed E-state index contributed by atoms with van der Waals surface area (Å²) < 4.78 is 10.6. The molecule has 1 fully saturated rings. The molecule has 1 aromatic rings. The van der Waals surface area contributed by atoms with Crippen LogP contribution < -0.4 is 10.5 Å². The molecule has 3 rings (SSSR count). The maximum Gasteiger partial charge on any atom is 0.341 e. The van der Waals surface area contributed by atoms with Crippen LogP contribution in [0.5, 0.6) is 5.75 Å². The Bertz CT molecular complexity index is 743. The molecule has 1 aliphatic carbocycles. The molecule has 28 heavy (non-hydrogen) atoms. The Morgan fingerprint density at radius 1 is 1.25 bits per heavy atom. The lowest BCUT2D eigenvalue weighted by Crippen LogP contribution is -2.50. The molecule has 1 aromatic carbocycles. The third kappa shape index (κ3) is 5.28. The van der Waals surface area contributed by atoms with Gasteiger partial charge >= 0.3 is 5.97 Å². The summed E-state index contributed by atoms with van der Waals surface area (Å²) in [5, 5.41) is 0.314. The Balaban J connectivity index is 1.38. The fourth-order valence-electron chi connectivity index (χ4n) is 3.59. The number of carbonyl (C=O) groups excluding carboxylic acids is 1. The van der Waals surface area contributed by atoms with Crippen molar-refractivity contribution in [2.75, 3.05) is 52.2 Å². The molecule has 0 saturated carbocycles. The zero-order valence-corrected chi connectivity index (χ0v) is 17.0. The van der Waals surface area contributed by atoms with Gasteiger partial charge in [0.25, 0.3) is 0 Å². The van der Waals surface area contributed by atoms with Gasteiger partial charge in [-0.15, -0.1) is 0 Å². The van der Waals surface area contributed by atoms with Crippen molar-refractivity contribution in [3.63, 3.8) is 0 Å². The molecule has 0 spiro atoms. The lowest BCUT2D eigenvalue weighted by Gasteiger charge is -2.38. The minimum atomic E-state index is -0.444. The fourth-order valence-corrected chi connectivity index (χ4v) is 3.75. The molecule has 1 atom stereocenters. The predicted molar refractivity (Wildman–Crippen MR) is 112 cm³/mol. The number of nitrogens with zero attached hydrogens (tertiary/aromatic N) is 2. The molecule has 0 bridgehead atoms. The fraction of sp³-hybridized carbons (Fsp3) is 0.476. The zero-order chi connectivity index (χ0) is 19.9. The second kappa shape index (κ2) is 9.96. The third-order valence-electron chi connectivity index (χ3n) is 5.22. The molecule has 0 radical (unpaired) electrons. The first-order chi connectivity index (χ1) is 13.6. The quantitative estimate of drug-likeness (QED) is 0.427. The molecule has 6 nitrogen and oxygen atoms in total. The van der Waals surface area contributed by atoms with Crippen LogP contribution in [0.3, 0.4) is 0 Å². The van der Waals surface area contributed by atoms with Crippen LogP contribution in [-0.2, 0) is 4.74 Å². The summed E-state index contributed by atoms with van der Waals surface area (Å²) in [6.07, 6.45) is 10.7. The van der Waals surface area contributed by atoms with Crippen LogP contribution in [0.25, 0.3) is 0 Å². The van der Waals surface area contributed by atoms with Crippen LogP contribution in [0.2, 0.25) is 5.02 Å². The van der Waals surface area contributed by atoms with Gasteiger partial charge in [0.05, 0.1) is 24.4 Å². The zero-order valence-electron chi connectivity index (χ0n) is 16.3. The van der Waals surface area contributed by atoms with Crippen LogP contribution >= 0.6 is 11.6 Å². The first-order valence-electron chi connectivity index (χ1n) is 9.68. The molecule has 152 valence electrons. The number of hydrogen-bond acceptors (Lipinski definition) is 6. The lowest BCUT2D eigenvalue weighted by atomic mass is 10.1. The third-order valence-corrected chi connectivity index (χ3v) is 5.55. The highest BCUT2D eigenvalue weighted by atomic mass is 35.5. The van der Waals surface area contributed by atoms with Gasteiger partial charge in [0, 0.05) is 44.8 Å². The summed E-state index contributed by atoms with van der Waals surface area (Å²) in [5.74, 6) is -0.0738. The van der Waals surface area contributed by atoms with Crippen molar-refractivity contribution in [2.24, 2.45) is 0 Å². The van der Waals surface area contributed by atoms with E-state index in [-0.39, 0.29) is 0 Å². The van der Waals surface area contributed by atoms with Gasteiger partial charge in [0.15, 0.2) is 0 Å². The van der Waals surface area contributed by atoms with E-state index in [4.69, 9.17) is 26.8 Å². The number of allylic oxidation sites excluding steroid dienone is 2. The number of methoxy groups -OCH3 is 1. The number of rotatable bonds is 7. The second-order valence-corrected chi connectivity index (χ2v) is 7.46. The normalized spacial score (nSPS) is 20.3. The summed E-state index contributed by atoms with van der Waals surface area (Å²) in [7, 11) is 1.48. The van der Waals surface area contributed by atoms with E-state index < -0.39 is 5.97 Å². The van der Waals surface area contributed by atoms with E-state index >= 15 is 0 Å². The van der Waals surface area contributed by atoms with E-state index in [2.05, 4.69) is 34.1 Å². The van der Waals surface area contributed by atoms with Crippen LogP contribution in [-0.4, -0.2) is 68.3 Å². The number of piperazine rings is 1. The summed E-state index contributed by atoms with van der Waals surface area (Å²) in [6.45, 7) is 5.52. The van der Waals surface area contributed by atoms with Crippen LogP contribution in [0.1, 0.15) is 23.2 Å². The summed E-state index contributed by atoms with van der Waals surface area (Å²) in [6, 6.07) is 3.57. The Labute approximate surface area is 171 Å². The van der Waals surface area contributed by atoms with Gasteiger partial charge in [-0.25, -0.2) is 4.79 Å². The SMILES string of the molecule is COc1cc(N)c(Cl)cc1C(=O)OCCCN1CCN(C2C=CC=CC2)CC1. The standard InChI is InChI=1S/C21H28ClN3O3/c1-27-20-15-19(23)18(22)14-17(20)21(26)28-13-5-8-24-9-11-25(12-10-24)16-6-3-2-4-7-16/h2-4,6,14-16H,5,7-13,23H2,1H3. The Morgan fingerprint density at radius 3 is 2.71 bits per heavy atom. The van der Waals surface area contributed by atoms with E-state index in [0.717, 1.165) is 45.6 Å². The van der Waals surface area contributed by atoms with Gasteiger partial charge < -0.3 is 20.1 Å². The van der Waals surface area contributed by atoms with Crippen molar-refractivity contribution in [3.05, 3.63) is 47.0 Å². The second-order valence-electron chi connectivity index (χ2n) is 7.06. The molecular weight excluding hydrogens is 378 g/mol. The molecule has 1 unspecified atom stereocenters. The number of esters is 1. The molecule has 7 heteroatoms. The number of nitrogens with two attached hydrogens (primary N) is 1. The molecular formula is C21H28ClN3O3. The number of halogens is 1. The Morgan fingerprint density at radius 2 is 2.04 bits per heavy atom. The van der Waals surface area contributed by atoms with Crippen molar-refractivity contribution in [3.8, 4) is 5.75 Å². The monoisotopic (exact) mass is 405 g/mol. The van der Waals surface area contributed by atoms with Gasteiger partial charge in [0.1, 0.15) is 11.3 Å². The number of carbonyl (C=O) groups is 1. The van der Waals surface area contributed by atoms with Gasteiger partial charge in [0.2, 0.25) is 0 Å². The van der Waals surface area contributed by atoms with Crippen LogP contribution in [0, 0.1) is 0 Å². The average Bonchev–Trinajstić information content (AvgIpc) is 2.73. The Hall–Kier alpha value is -2.02. The van der Waals surface area contributed by atoms with Gasteiger partial charge in [-0.3, -0.25) is 4.90 Å². The topological polar surface area (TPSA) is 68.0 Å². The summed E-state index contributed by atoms with van der Waals surface area (Å²) in [5.41, 5.74) is 6.41. The van der Waals surface area contributed by atoms with E-state index in [1.165, 1.54) is 19.2 Å². The number of benzene rings is 1. The molecule has 0 amide bonds. The molecule has 2 N–H and O–H groups in total. The number of hydrogen-bond donors (Lipinski definition) is 1. The maximum absolute atomic E-state index is 12.3. The van der Waals surface area contributed by atoms with Crippen molar-refractivity contribution in [2.45, 2.75) is 18.9 Å². The highest BCUT2D eigenvalue weighted by Gasteiger charge is 2.22. The molecule has 1 saturated heterocycles. The van der Waals surface area contributed by atoms with Gasteiger partial charge in [-0.2, -0.15) is 0 Å². The smallest absolute Gasteiger partial charge is 0.341 e. The molecule has 1 aliphatic heterocycles. The highest BCUT2D eigenvalue weighted by molar-refractivity contribution is 6.33. The molecule has 2 aliphatic rings. The van der Waals surface area contributed by atoms with Crippen molar-refractivity contribution in [1.29, 1.82) is 0 Å². The highest BCUT2D eigenvalue weighted by Crippen LogP contribution is 2.29. The van der Waals surface area contributed by atoms with Gasteiger partial charge in [-0.05, 0) is 18.9 Å². The minimum Gasteiger partial charge on any atom is -0.496 e. The van der Waals surface area contributed by atoms with Crippen LogP contribution in [0.15, 0.2) is 36.4 Å². The van der Waals surface area contributed by atoms with Crippen molar-refractivity contribution in [1.82, 2.24) is 9.80 Å². The maximum atomic E-state index is 12.3. The summed E-state index contributed by atoms with van der Waals surface area (Å²) >= 11 is 6.01. The Kier molecular flexibility index (Phi) is 7.36. The first kappa shape index (κ1) is 20.7. The van der Waals surface area contributed by atoms with E-state index in [1.807, 2.05) is 0 Å². The van der Waals surface area contributed by atoms with E-state index in [1.54, 1.807) is 0 Å². The van der Waals surface area contributed by atoms with Gasteiger partial charge in [-0.1, -0.05) is 35.9 Å². The first-order valence-corrected chi connectivity index (χ1v) is 10.1. The summed E-state index contributed by atoms with van der Waals surface area (Å²) in [4.78, 5) is 17.3. The van der Waals surface area contributed by atoms with Crippen molar-refractivity contribution >= 4 is 23.3 Å². The number of anilines is 1. The lowest BCUT2D eigenvalue weighted by molar-refractivity contribution is 0.0468. The predicted octanol–water partition coefficient (Wildman–Crippen LogP) is 2.98. The van der Waals surface area contributed by atoms with E-state index in [9.17, 15) is 4.79 Å². The number of nitrogen functional groups attached to an aromatic ring is 1. The number of ether oxygens (including phenoxy) is 2. The minimum absolute atomic E-state index is 0.296. The average molecular weight is 406 g/mol. The van der Waals surface area contributed by atoms with Crippen LogP contribution in [0.4, 0.5) is 5.69 Å². The van der Waals surface area contributed by atoms with Crippen molar-refractivity contribution < 1.29 is 14.3 Å². The molecule has 1 heterocycles. The molecule has 0 aromatic heterocycles. The largest absolute Gasteiger partial charge is 0.496 e.